The van der Waals surface area contributed by atoms with Gasteiger partial charge in [-0.15, -0.1) is 0 Å². The molecule has 0 N–H and O–H groups in total. The number of ether oxygens (including phenoxy) is 1. The van der Waals surface area contributed by atoms with E-state index in [1.165, 1.54) is 0 Å². The summed E-state index contributed by atoms with van der Waals surface area (Å²) in [5.74, 6) is 2.29. The van der Waals surface area contributed by atoms with Gasteiger partial charge in [0.05, 0.1) is 6.54 Å². The van der Waals surface area contributed by atoms with Crippen molar-refractivity contribution >= 4 is 17.4 Å². The lowest BCUT2D eigenvalue weighted by atomic mass is 10.4. The van der Waals surface area contributed by atoms with Crippen LogP contribution < -0.4 is 4.90 Å². The Hall–Kier alpha value is -1.66. The van der Waals surface area contributed by atoms with Crippen molar-refractivity contribution < 1.29 is 4.74 Å². The van der Waals surface area contributed by atoms with Crippen molar-refractivity contribution in [1.29, 1.82) is 0 Å². The predicted molar refractivity (Wildman–Crippen MR) is 77.7 cm³/mol. The molecule has 0 aliphatic heterocycles. The van der Waals surface area contributed by atoms with Gasteiger partial charge in [0.25, 0.3) is 0 Å². The molecule has 0 aliphatic rings. The minimum Gasteiger partial charge on any atom is -0.374 e. The second-order valence-corrected chi connectivity index (χ2v) is 4.80. The van der Waals surface area contributed by atoms with E-state index < -0.39 is 0 Å². The number of rotatable bonds is 6. The average molecular weight is 296 g/mol. The van der Waals surface area contributed by atoms with Crippen molar-refractivity contribution in [3.8, 4) is 0 Å². The topological polar surface area (TPSA) is 56.1 Å². The van der Waals surface area contributed by atoms with Crippen LogP contribution in [0.1, 0.15) is 18.6 Å². The van der Waals surface area contributed by atoms with Gasteiger partial charge in [-0.05, 0) is 6.92 Å². The summed E-state index contributed by atoms with van der Waals surface area (Å²) in [6, 6.07) is 1.74. The molecule has 20 heavy (non-hydrogen) atoms. The average Bonchev–Trinajstić information content (AvgIpc) is 2.81. The summed E-state index contributed by atoms with van der Waals surface area (Å²) in [7, 11) is 3.90. The maximum Gasteiger partial charge on any atom is 0.158 e. The van der Waals surface area contributed by atoms with Crippen molar-refractivity contribution in [1.82, 2.24) is 19.5 Å². The second kappa shape index (κ2) is 6.67. The van der Waals surface area contributed by atoms with Crippen molar-refractivity contribution in [2.75, 3.05) is 18.6 Å². The largest absolute Gasteiger partial charge is 0.374 e. The number of hydrogen-bond donors (Lipinski definition) is 0. The van der Waals surface area contributed by atoms with E-state index >= 15 is 0 Å². The van der Waals surface area contributed by atoms with Gasteiger partial charge in [0.1, 0.15) is 23.4 Å². The van der Waals surface area contributed by atoms with Crippen molar-refractivity contribution in [3.05, 3.63) is 35.3 Å². The standard InChI is InChI=1S/C13H18ClN5O/c1-4-20-9-11-16-10(14)7-12(17-11)19(3)8-13-15-5-6-18(13)2/h5-7H,4,8-9H2,1-3H3. The third-order valence-electron chi connectivity index (χ3n) is 2.85. The summed E-state index contributed by atoms with van der Waals surface area (Å²) in [6.07, 6.45) is 3.69. The molecule has 0 aromatic carbocycles. The Labute approximate surface area is 123 Å². The number of imidazole rings is 1. The zero-order chi connectivity index (χ0) is 14.5. The lowest BCUT2D eigenvalue weighted by Gasteiger charge is -2.18. The molecular weight excluding hydrogens is 278 g/mol. The molecule has 2 heterocycles. The zero-order valence-electron chi connectivity index (χ0n) is 11.9. The SMILES string of the molecule is CCOCc1nc(Cl)cc(N(C)Cc2nccn2C)n1. The highest BCUT2D eigenvalue weighted by Gasteiger charge is 2.10. The van der Waals surface area contributed by atoms with E-state index in [1.54, 1.807) is 12.3 Å². The highest BCUT2D eigenvalue weighted by Crippen LogP contribution is 2.17. The molecule has 6 nitrogen and oxygen atoms in total. The summed E-state index contributed by atoms with van der Waals surface area (Å²) in [5.41, 5.74) is 0. The summed E-state index contributed by atoms with van der Waals surface area (Å²) < 4.78 is 7.29. The van der Waals surface area contributed by atoms with Crippen LogP contribution in [0.15, 0.2) is 18.5 Å². The fourth-order valence-electron chi connectivity index (χ4n) is 1.75. The highest BCUT2D eigenvalue weighted by atomic mass is 35.5. The molecule has 0 spiro atoms. The first-order valence-corrected chi connectivity index (χ1v) is 6.76. The van der Waals surface area contributed by atoms with Crippen LogP contribution in [-0.2, 0) is 24.9 Å². The van der Waals surface area contributed by atoms with Crippen LogP contribution in [0.2, 0.25) is 5.15 Å². The summed E-state index contributed by atoms with van der Waals surface area (Å²) in [4.78, 5) is 14.9. The van der Waals surface area contributed by atoms with Crippen LogP contribution in [0.4, 0.5) is 5.82 Å². The van der Waals surface area contributed by atoms with Gasteiger partial charge in [-0.3, -0.25) is 0 Å². The van der Waals surface area contributed by atoms with Crippen LogP contribution in [-0.4, -0.2) is 33.2 Å². The van der Waals surface area contributed by atoms with Gasteiger partial charge >= 0.3 is 0 Å². The Morgan fingerprint density at radius 3 is 2.85 bits per heavy atom. The van der Waals surface area contributed by atoms with Crippen LogP contribution in [0.3, 0.4) is 0 Å². The van der Waals surface area contributed by atoms with E-state index in [0.29, 0.717) is 30.7 Å². The first kappa shape index (κ1) is 14.7. The molecule has 108 valence electrons. The van der Waals surface area contributed by atoms with E-state index in [9.17, 15) is 0 Å². The van der Waals surface area contributed by atoms with E-state index in [0.717, 1.165) is 11.6 Å². The van der Waals surface area contributed by atoms with Gasteiger partial charge in [0.15, 0.2) is 5.82 Å². The van der Waals surface area contributed by atoms with Crippen LogP contribution in [0.5, 0.6) is 0 Å². The third-order valence-corrected chi connectivity index (χ3v) is 3.05. The summed E-state index contributed by atoms with van der Waals surface area (Å²) in [6.45, 7) is 3.55. The first-order chi connectivity index (χ1) is 9.60. The van der Waals surface area contributed by atoms with Crippen molar-refractivity contribution in [2.24, 2.45) is 7.05 Å². The molecule has 2 aromatic heterocycles. The molecule has 0 saturated carbocycles. The van der Waals surface area contributed by atoms with E-state index in [1.807, 2.05) is 36.7 Å². The molecule has 2 aromatic rings. The first-order valence-electron chi connectivity index (χ1n) is 6.38. The van der Waals surface area contributed by atoms with E-state index in [-0.39, 0.29) is 0 Å². The zero-order valence-corrected chi connectivity index (χ0v) is 12.6. The van der Waals surface area contributed by atoms with Crippen LogP contribution in [0.25, 0.3) is 0 Å². The van der Waals surface area contributed by atoms with Gasteiger partial charge in [-0.2, -0.15) is 0 Å². The van der Waals surface area contributed by atoms with Gasteiger partial charge in [-0.25, -0.2) is 15.0 Å². The molecule has 0 amide bonds. The Kier molecular flexibility index (Phi) is 4.92. The quantitative estimate of drug-likeness (QED) is 0.763. The molecule has 0 radical (unpaired) electrons. The van der Waals surface area contributed by atoms with Crippen molar-refractivity contribution in [3.63, 3.8) is 0 Å². The number of halogens is 1. The second-order valence-electron chi connectivity index (χ2n) is 4.41. The molecular formula is C13H18ClN5O. The summed E-state index contributed by atoms with van der Waals surface area (Å²) >= 11 is 6.03. The molecule has 0 unspecified atom stereocenters. The number of aromatic nitrogens is 4. The lowest BCUT2D eigenvalue weighted by molar-refractivity contribution is 0.128. The number of aryl methyl sites for hydroxylation is 1. The van der Waals surface area contributed by atoms with E-state index in [4.69, 9.17) is 16.3 Å². The van der Waals surface area contributed by atoms with Crippen molar-refractivity contribution in [2.45, 2.75) is 20.1 Å². The van der Waals surface area contributed by atoms with Crippen LogP contribution in [0, 0.1) is 0 Å². The highest BCUT2D eigenvalue weighted by molar-refractivity contribution is 6.29. The number of hydrogen-bond acceptors (Lipinski definition) is 5. The predicted octanol–water partition coefficient (Wildman–Crippen LogP) is 2.04. The Bertz CT molecular complexity index is 572. The van der Waals surface area contributed by atoms with Gasteiger partial charge < -0.3 is 14.2 Å². The molecule has 2 rings (SSSR count). The third kappa shape index (κ3) is 3.68. The van der Waals surface area contributed by atoms with Gasteiger partial charge in [0, 0.05) is 39.2 Å². The maximum absolute atomic E-state index is 6.03. The monoisotopic (exact) mass is 295 g/mol. The van der Waals surface area contributed by atoms with E-state index in [2.05, 4.69) is 15.0 Å². The minimum atomic E-state index is 0.361. The molecule has 0 saturated heterocycles. The summed E-state index contributed by atoms with van der Waals surface area (Å²) in [5, 5.41) is 0.413. The minimum absolute atomic E-state index is 0.361. The fourth-order valence-corrected chi connectivity index (χ4v) is 1.94. The van der Waals surface area contributed by atoms with Crippen LogP contribution >= 0.6 is 11.6 Å². The van der Waals surface area contributed by atoms with Gasteiger partial charge in [0.2, 0.25) is 0 Å². The molecule has 0 atom stereocenters. The molecule has 0 bridgehead atoms. The Morgan fingerprint density at radius 1 is 1.40 bits per heavy atom. The lowest BCUT2D eigenvalue weighted by Crippen LogP contribution is -2.21. The fraction of sp³-hybridized carbons (Fsp3) is 0.462. The smallest absolute Gasteiger partial charge is 0.158 e. The molecule has 0 aliphatic carbocycles. The Balaban J connectivity index is 2.14. The maximum atomic E-state index is 6.03. The Morgan fingerprint density at radius 2 is 2.20 bits per heavy atom. The van der Waals surface area contributed by atoms with Gasteiger partial charge in [-0.1, -0.05) is 11.6 Å². The molecule has 7 heteroatoms. The number of anilines is 1. The normalized spacial score (nSPS) is 10.8. The number of nitrogens with zero attached hydrogens (tertiary/aromatic N) is 5. The molecule has 0 fully saturated rings.